The minimum atomic E-state index is -2.88. The van der Waals surface area contributed by atoms with E-state index >= 15 is 0 Å². The van der Waals surface area contributed by atoms with Crippen molar-refractivity contribution < 1.29 is 23.4 Å². The van der Waals surface area contributed by atoms with Crippen LogP contribution in [0.4, 0.5) is 8.78 Å². The quantitative estimate of drug-likeness (QED) is 0.825. The molecule has 21 heavy (non-hydrogen) atoms. The minimum absolute atomic E-state index is 0.0582. The molecule has 110 valence electrons. The molecule has 0 fully saturated rings. The fourth-order valence-corrected chi connectivity index (χ4v) is 2.53. The van der Waals surface area contributed by atoms with Gasteiger partial charge in [0.2, 0.25) is 0 Å². The first kappa shape index (κ1) is 15.2. The van der Waals surface area contributed by atoms with Gasteiger partial charge < -0.3 is 9.84 Å². The number of carboxylic acids is 1. The van der Waals surface area contributed by atoms with Gasteiger partial charge in [0, 0.05) is 22.4 Å². The fraction of sp³-hybridized carbons (Fsp3) is 0.143. The van der Waals surface area contributed by atoms with Gasteiger partial charge in [-0.15, -0.1) is 11.8 Å². The van der Waals surface area contributed by atoms with E-state index in [4.69, 9.17) is 5.11 Å². The number of carbonyl (C=O) groups is 1. The van der Waals surface area contributed by atoms with Gasteiger partial charge in [0.1, 0.15) is 11.4 Å². The summed E-state index contributed by atoms with van der Waals surface area (Å²) in [5, 5.41) is 8.86. The maximum atomic E-state index is 12.3. The van der Waals surface area contributed by atoms with Gasteiger partial charge in [-0.25, -0.2) is 9.78 Å². The van der Waals surface area contributed by atoms with Gasteiger partial charge in [-0.1, -0.05) is 18.2 Å². The molecule has 0 radical (unpaired) electrons. The van der Waals surface area contributed by atoms with Crippen LogP contribution in [-0.2, 0) is 5.75 Å². The lowest BCUT2D eigenvalue weighted by Gasteiger charge is -2.10. The molecule has 2 rings (SSSR count). The van der Waals surface area contributed by atoms with Crippen molar-refractivity contribution >= 4 is 17.7 Å². The molecule has 0 unspecified atom stereocenters. The van der Waals surface area contributed by atoms with E-state index in [1.165, 1.54) is 30.1 Å². The predicted octanol–water partition coefficient (Wildman–Crippen LogP) is 3.67. The Kier molecular flexibility index (Phi) is 5.10. The zero-order chi connectivity index (χ0) is 15.2. The van der Waals surface area contributed by atoms with E-state index in [9.17, 15) is 13.6 Å². The molecule has 1 aromatic heterocycles. The number of rotatable bonds is 6. The largest absolute Gasteiger partial charge is 0.477 e. The third-order valence-corrected chi connectivity index (χ3v) is 3.58. The summed E-state index contributed by atoms with van der Waals surface area (Å²) in [7, 11) is 0. The Morgan fingerprint density at radius 2 is 2.10 bits per heavy atom. The van der Waals surface area contributed by atoms with Crippen molar-refractivity contribution in [1.82, 2.24) is 4.98 Å². The molecule has 0 atom stereocenters. The van der Waals surface area contributed by atoms with Gasteiger partial charge in [0.15, 0.2) is 0 Å². The van der Waals surface area contributed by atoms with E-state index in [0.29, 0.717) is 16.2 Å². The third kappa shape index (κ3) is 4.42. The average molecular weight is 311 g/mol. The number of halogens is 2. The Hall–Kier alpha value is -2.15. The number of nitrogens with zero attached hydrogens (tertiary/aromatic N) is 1. The lowest BCUT2D eigenvalue weighted by atomic mass is 10.2. The molecule has 4 nitrogen and oxygen atoms in total. The average Bonchev–Trinajstić information content (AvgIpc) is 2.46. The summed E-state index contributed by atoms with van der Waals surface area (Å²) >= 11 is 1.32. The molecule has 0 saturated carbocycles. The second kappa shape index (κ2) is 7.03. The number of carboxylic acid groups (broad SMARTS) is 1. The molecular formula is C14H11F2NO3S. The molecule has 0 aliphatic rings. The highest BCUT2D eigenvalue weighted by molar-refractivity contribution is 7.98. The molecule has 7 heteroatoms. The fourth-order valence-electron chi connectivity index (χ4n) is 1.61. The standard InChI is InChI=1S/C14H11F2NO3S/c15-14(16)20-12-4-2-1-3-9(12)8-21-10-5-6-17-11(7-10)13(18)19/h1-7,14H,8H2,(H,18,19). The summed E-state index contributed by atoms with van der Waals surface area (Å²) in [6, 6.07) is 9.59. The summed E-state index contributed by atoms with van der Waals surface area (Å²) < 4.78 is 29.0. The number of pyridine rings is 1. The van der Waals surface area contributed by atoms with Crippen LogP contribution in [0.5, 0.6) is 5.75 Å². The van der Waals surface area contributed by atoms with E-state index in [1.54, 1.807) is 24.3 Å². The van der Waals surface area contributed by atoms with Crippen LogP contribution < -0.4 is 4.74 Å². The van der Waals surface area contributed by atoms with E-state index in [2.05, 4.69) is 9.72 Å². The Morgan fingerprint density at radius 3 is 2.81 bits per heavy atom. The van der Waals surface area contributed by atoms with Crippen molar-refractivity contribution in [3.8, 4) is 5.75 Å². The van der Waals surface area contributed by atoms with Gasteiger partial charge in [-0.3, -0.25) is 0 Å². The van der Waals surface area contributed by atoms with Crippen molar-refractivity contribution in [3.63, 3.8) is 0 Å². The van der Waals surface area contributed by atoms with E-state index in [1.807, 2.05) is 0 Å². The first-order valence-corrected chi connectivity index (χ1v) is 6.89. The zero-order valence-electron chi connectivity index (χ0n) is 10.7. The van der Waals surface area contributed by atoms with Crippen LogP contribution in [0, 0.1) is 0 Å². The topological polar surface area (TPSA) is 59.4 Å². The van der Waals surface area contributed by atoms with Crippen LogP contribution in [0.3, 0.4) is 0 Å². The van der Waals surface area contributed by atoms with Crippen molar-refractivity contribution in [2.45, 2.75) is 17.3 Å². The highest BCUT2D eigenvalue weighted by Crippen LogP contribution is 2.28. The summed E-state index contributed by atoms with van der Waals surface area (Å²) in [4.78, 5) is 15.2. The van der Waals surface area contributed by atoms with Gasteiger partial charge in [-0.05, 0) is 18.2 Å². The Morgan fingerprint density at radius 1 is 1.33 bits per heavy atom. The van der Waals surface area contributed by atoms with Gasteiger partial charge in [0.05, 0.1) is 0 Å². The number of thioether (sulfide) groups is 1. The second-order valence-corrected chi connectivity index (χ2v) is 5.01. The smallest absolute Gasteiger partial charge is 0.387 e. The van der Waals surface area contributed by atoms with Crippen LogP contribution in [0.1, 0.15) is 16.1 Å². The number of hydrogen-bond acceptors (Lipinski definition) is 4. The lowest BCUT2D eigenvalue weighted by Crippen LogP contribution is -2.04. The molecule has 0 aliphatic heterocycles. The number of aromatic carboxylic acids is 1. The minimum Gasteiger partial charge on any atom is -0.477 e. The molecule has 1 heterocycles. The van der Waals surface area contributed by atoms with Crippen LogP contribution in [-0.4, -0.2) is 22.7 Å². The Labute approximate surface area is 123 Å². The number of para-hydroxylation sites is 1. The van der Waals surface area contributed by atoms with Crippen molar-refractivity contribution in [2.75, 3.05) is 0 Å². The Balaban J connectivity index is 2.09. The molecule has 0 bridgehead atoms. The van der Waals surface area contributed by atoms with Crippen LogP contribution in [0.25, 0.3) is 0 Å². The van der Waals surface area contributed by atoms with Gasteiger partial charge in [-0.2, -0.15) is 8.78 Å². The molecule has 2 aromatic rings. The molecule has 0 aliphatic carbocycles. The summed E-state index contributed by atoms with van der Waals surface area (Å²) in [6.07, 6.45) is 1.40. The normalized spacial score (nSPS) is 10.6. The van der Waals surface area contributed by atoms with Gasteiger partial charge >= 0.3 is 12.6 Å². The van der Waals surface area contributed by atoms with E-state index in [-0.39, 0.29) is 11.4 Å². The molecule has 0 amide bonds. The third-order valence-electron chi connectivity index (χ3n) is 2.53. The van der Waals surface area contributed by atoms with Crippen molar-refractivity contribution in [3.05, 3.63) is 53.9 Å². The highest BCUT2D eigenvalue weighted by atomic mass is 32.2. The SMILES string of the molecule is O=C(O)c1cc(SCc2ccccc2OC(F)F)ccn1. The van der Waals surface area contributed by atoms with E-state index < -0.39 is 12.6 Å². The van der Waals surface area contributed by atoms with Crippen molar-refractivity contribution in [2.24, 2.45) is 0 Å². The van der Waals surface area contributed by atoms with Crippen LogP contribution in [0.15, 0.2) is 47.5 Å². The van der Waals surface area contributed by atoms with Gasteiger partial charge in [0.25, 0.3) is 0 Å². The summed E-state index contributed by atoms with van der Waals surface area (Å²) in [6.45, 7) is -2.88. The number of aromatic nitrogens is 1. The maximum absolute atomic E-state index is 12.3. The number of alkyl halides is 2. The van der Waals surface area contributed by atoms with Crippen molar-refractivity contribution in [1.29, 1.82) is 0 Å². The number of benzene rings is 1. The number of hydrogen-bond donors (Lipinski definition) is 1. The molecule has 1 aromatic carbocycles. The lowest BCUT2D eigenvalue weighted by molar-refractivity contribution is -0.0503. The first-order chi connectivity index (χ1) is 10.1. The first-order valence-electron chi connectivity index (χ1n) is 5.91. The maximum Gasteiger partial charge on any atom is 0.387 e. The molecule has 0 saturated heterocycles. The Bertz CT molecular complexity index is 637. The summed E-state index contributed by atoms with van der Waals surface area (Å²) in [5.74, 6) is -0.613. The van der Waals surface area contributed by atoms with Crippen LogP contribution >= 0.6 is 11.8 Å². The van der Waals surface area contributed by atoms with Crippen LogP contribution in [0.2, 0.25) is 0 Å². The second-order valence-electron chi connectivity index (χ2n) is 3.96. The predicted molar refractivity (Wildman–Crippen MR) is 73.8 cm³/mol. The number of ether oxygens (including phenoxy) is 1. The molecule has 1 N–H and O–H groups in total. The zero-order valence-corrected chi connectivity index (χ0v) is 11.5. The molecule has 0 spiro atoms. The highest BCUT2D eigenvalue weighted by Gasteiger charge is 2.10. The monoisotopic (exact) mass is 311 g/mol. The summed E-state index contributed by atoms with van der Waals surface area (Å²) in [5.41, 5.74) is 0.550. The van der Waals surface area contributed by atoms with E-state index in [0.717, 1.165) is 0 Å². The molecular weight excluding hydrogens is 300 g/mol.